The molecular weight excluding hydrogens is 246 g/mol. The fraction of sp³-hybridized carbons (Fsp3) is 0.471. The van der Waals surface area contributed by atoms with E-state index in [0.29, 0.717) is 6.04 Å². The van der Waals surface area contributed by atoms with Crippen molar-refractivity contribution in [3.8, 4) is 11.3 Å². The van der Waals surface area contributed by atoms with Crippen molar-refractivity contribution < 1.29 is 0 Å². The number of nitrogens with one attached hydrogen (secondary N) is 2. The summed E-state index contributed by atoms with van der Waals surface area (Å²) in [6.07, 6.45) is 7.50. The van der Waals surface area contributed by atoms with Crippen LogP contribution < -0.4 is 5.32 Å². The maximum absolute atomic E-state index is 4.21. The molecule has 1 aromatic heterocycles. The summed E-state index contributed by atoms with van der Waals surface area (Å²) >= 11 is 0. The molecule has 0 bridgehead atoms. The molecule has 0 unspecified atom stereocenters. The Labute approximate surface area is 120 Å². The zero-order valence-electron chi connectivity index (χ0n) is 12.1. The summed E-state index contributed by atoms with van der Waals surface area (Å²) in [4.78, 5) is 0. The molecule has 3 nitrogen and oxygen atoms in total. The lowest BCUT2D eigenvalue weighted by atomic mass is 9.99. The molecule has 1 saturated carbocycles. The van der Waals surface area contributed by atoms with Gasteiger partial charge < -0.3 is 5.32 Å². The predicted octanol–water partition coefficient (Wildman–Crippen LogP) is 3.75. The Balaban J connectivity index is 1.65. The number of hydrogen-bond donors (Lipinski definition) is 2. The third kappa shape index (κ3) is 2.93. The molecule has 106 valence electrons. The van der Waals surface area contributed by atoms with Gasteiger partial charge in [-0.2, -0.15) is 5.10 Å². The molecule has 1 fully saturated rings. The highest BCUT2D eigenvalue weighted by Crippen LogP contribution is 2.28. The van der Waals surface area contributed by atoms with Gasteiger partial charge in [-0.3, -0.25) is 5.10 Å². The van der Waals surface area contributed by atoms with Crippen molar-refractivity contribution in [3.63, 3.8) is 0 Å². The minimum atomic E-state index is 0.594. The average molecular weight is 269 g/mol. The van der Waals surface area contributed by atoms with Crippen LogP contribution in [0, 0.1) is 5.92 Å². The number of H-pyrrole nitrogens is 1. The van der Waals surface area contributed by atoms with Gasteiger partial charge >= 0.3 is 0 Å². The number of aromatic nitrogens is 2. The smallest absolute Gasteiger partial charge is 0.0695 e. The second kappa shape index (κ2) is 6.23. The highest BCUT2D eigenvalue weighted by Gasteiger charge is 2.21. The minimum absolute atomic E-state index is 0.594. The first-order valence-electron chi connectivity index (χ1n) is 7.65. The van der Waals surface area contributed by atoms with E-state index < -0.39 is 0 Å². The van der Waals surface area contributed by atoms with Crippen LogP contribution in [0.1, 0.15) is 38.2 Å². The van der Waals surface area contributed by atoms with Crippen molar-refractivity contribution in [1.29, 1.82) is 0 Å². The molecular formula is C17H23N3. The Morgan fingerprint density at radius 2 is 2.00 bits per heavy atom. The van der Waals surface area contributed by atoms with Crippen LogP contribution in [0.5, 0.6) is 0 Å². The van der Waals surface area contributed by atoms with E-state index >= 15 is 0 Å². The number of rotatable bonds is 5. The fourth-order valence-electron chi connectivity index (χ4n) is 3.19. The van der Waals surface area contributed by atoms with Gasteiger partial charge in [-0.05, 0) is 31.2 Å². The SMILES string of the molecule is C[C@H](NCc1cn[nH]c1-c1ccccc1)C1CCCC1. The first-order chi connectivity index (χ1) is 9.84. The first kappa shape index (κ1) is 13.4. The van der Waals surface area contributed by atoms with Gasteiger partial charge in [-0.1, -0.05) is 43.2 Å². The normalized spacial score (nSPS) is 17.4. The zero-order valence-corrected chi connectivity index (χ0v) is 12.1. The standard InChI is InChI=1S/C17H23N3/c1-13(14-7-5-6-8-14)18-11-16-12-19-20-17(16)15-9-3-2-4-10-15/h2-4,9-10,12-14,18H,5-8,11H2,1H3,(H,19,20)/t13-/m0/s1. The van der Waals surface area contributed by atoms with Gasteiger partial charge in [0.1, 0.15) is 0 Å². The monoisotopic (exact) mass is 269 g/mol. The lowest BCUT2D eigenvalue weighted by molar-refractivity contribution is 0.381. The van der Waals surface area contributed by atoms with Gasteiger partial charge in [-0.25, -0.2) is 0 Å². The summed E-state index contributed by atoms with van der Waals surface area (Å²) < 4.78 is 0. The number of benzene rings is 1. The van der Waals surface area contributed by atoms with Crippen LogP contribution in [0.4, 0.5) is 0 Å². The zero-order chi connectivity index (χ0) is 13.8. The Kier molecular flexibility index (Phi) is 4.16. The molecule has 20 heavy (non-hydrogen) atoms. The summed E-state index contributed by atoms with van der Waals surface area (Å²) in [5.74, 6) is 0.849. The minimum Gasteiger partial charge on any atom is -0.310 e. The van der Waals surface area contributed by atoms with Crippen molar-refractivity contribution in [3.05, 3.63) is 42.1 Å². The van der Waals surface area contributed by atoms with E-state index in [1.165, 1.54) is 36.8 Å². The summed E-state index contributed by atoms with van der Waals surface area (Å²) in [7, 11) is 0. The number of aromatic amines is 1. The van der Waals surface area contributed by atoms with Crippen LogP contribution in [0.2, 0.25) is 0 Å². The summed E-state index contributed by atoms with van der Waals surface area (Å²) in [5, 5.41) is 11.0. The van der Waals surface area contributed by atoms with Crippen molar-refractivity contribution in [2.75, 3.05) is 0 Å². The van der Waals surface area contributed by atoms with Gasteiger partial charge in [-0.15, -0.1) is 0 Å². The van der Waals surface area contributed by atoms with Crippen LogP contribution in [0.25, 0.3) is 11.3 Å². The Morgan fingerprint density at radius 1 is 1.25 bits per heavy atom. The van der Waals surface area contributed by atoms with Gasteiger partial charge in [0, 0.05) is 18.2 Å². The second-order valence-corrected chi connectivity index (χ2v) is 5.85. The molecule has 0 spiro atoms. The van der Waals surface area contributed by atoms with E-state index in [4.69, 9.17) is 0 Å². The molecule has 2 N–H and O–H groups in total. The topological polar surface area (TPSA) is 40.7 Å². The lowest BCUT2D eigenvalue weighted by Crippen LogP contribution is -2.31. The lowest BCUT2D eigenvalue weighted by Gasteiger charge is -2.20. The predicted molar refractivity (Wildman–Crippen MR) is 82.3 cm³/mol. The van der Waals surface area contributed by atoms with E-state index in [1.807, 2.05) is 12.3 Å². The summed E-state index contributed by atoms with van der Waals surface area (Å²) in [6.45, 7) is 3.21. The van der Waals surface area contributed by atoms with E-state index in [1.54, 1.807) is 0 Å². The molecule has 1 heterocycles. The maximum Gasteiger partial charge on any atom is 0.0695 e. The molecule has 1 atom stereocenters. The Hall–Kier alpha value is -1.61. The maximum atomic E-state index is 4.21. The molecule has 1 aromatic carbocycles. The second-order valence-electron chi connectivity index (χ2n) is 5.85. The van der Waals surface area contributed by atoms with Crippen LogP contribution in [0.3, 0.4) is 0 Å². The molecule has 3 rings (SSSR count). The third-order valence-electron chi connectivity index (χ3n) is 4.50. The van der Waals surface area contributed by atoms with E-state index in [9.17, 15) is 0 Å². The molecule has 2 aromatic rings. The largest absolute Gasteiger partial charge is 0.310 e. The fourth-order valence-corrected chi connectivity index (χ4v) is 3.19. The molecule has 1 aliphatic carbocycles. The van der Waals surface area contributed by atoms with E-state index in [0.717, 1.165) is 18.2 Å². The molecule has 3 heteroatoms. The van der Waals surface area contributed by atoms with Crippen molar-refractivity contribution >= 4 is 0 Å². The van der Waals surface area contributed by atoms with Gasteiger partial charge in [0.25, 0.3) is 0 Å². The number of hydrogen-bond acceptors (Lipinski definition) is 2. The molecule has 0 radical (unpaired) electrons. The summed E-state index contributed by atoms with van der Waals surface area (Å²) in [6, 6.07) is 11.0. The molecule has 0 aliphatic heterocycles. The van der Waals surface area contributed by atoms with Gasteiger partial charge in [0.15, 0.2) is 0 Å². The molecule has 0 saturated heterocycles. The van der Waals surface area contributed by atoms with Crippen molar-refractivity contribution in [2.45, 2.75) is 45.2 Å². The average Bonchev–Trinajstić information content (AvgIpc) is 3.17. The van der Waals surface area contributed by atoms with Gasteiger partial charge in [0.2, 0.25) is 0 Å². The highest BCUT2D eigenvalue weighted by atomic mass is 15.1. The van der Waals surface area contributed by atoms with Gasteiger partial charge in [0.05, 0.1) is 11.9 Å². The van der Waals surface area contributed by atoms with E-state index in [-0.39, 0.29) is 0 Å². The van der Waals surface area contributed by atoms with Crippen LogP contribution in [-0.2, 0) is 6.54 Å². The molecule has 0 amide bonds. The Bertz CT molecular complexity index is 526. The summed E-state index contributed by atoms with van der Waals surface area (Å²) in [5.41, 5.74) is 3.59. The highest BCUT2D eigenvalue weighted by molar-refractivity contribution is 5.62. The van der Waals surface area contributed by atoms with Crippen LogP contribution >= 0.6 is 0 Å². The Morgan fingerprint density at radius 3 is 2.75 bits per heavy atom. The van der Waals surface area contributed by atoms with Crippen molar-refractivity contribution in [1.82, 2.24) is 15.5 Å². The van der Waals surface area contributed by atoms with E-state index in [2.05, 4.69) is 46.7 Å². The quantitative estimate of drug-likeness (QED) is 0.868. The van der Waals surface area contributed by atoms with Crippen LogP contribution in [0.15, 0.2) is 36.5 Å². The van der Waals surface area contributed by atoms with Crippen molar-refractivity contribution in [2.24, 2.45) is 5.92 Å². The number of nitrogens with zero attached hydrogens (tertiary/aromatic N) is 1. The van der Waals surface area contributed by atoms with Crippen LogP contribution in [-0.4, -0.2) is 16.2 Å². The molecule has 1 aliphatic rings. The third-order valence-corrected chi connectivity index (χ3v) is 4.50. The first-order valence-corrected chi connectivity index (χ1v) is 7.65.